The number of nitrogens with zero attached hydrogens (tertiary/aromatic N) is 1. The highest BCUT2D eigenvalue weighted by molar-refractivity contribution is 6.39. The Balaban J connectivity index is 1.56. The second-order valence-electron chi connectivity index (χ2n) is 6.49. The van der Waals surface area contributed by atoms with E-state index in [0.29, 0.717) is 27.8 Å². The molecule has 0 atom stereocenters. The zero-order valence-corrected chi connectivity index (χ0v) is 17.7. The van der Waals surface area contributed by atoms with Crippen LogP contribution in [-0.2, 0) is 16.2 Å². The van der Waals surface area contributed by atoms with Crippen LogP contribution in [0.3, 0.4) is 0 Å². The number of ether oxygens (including phenoxy) is 2. The first-order valence-electron chi connectivity index (χ1n) is 9.40. The molecule has 9 heteroatoms. The summed E-state index contributed by atoms with van der Waals surface area (Å²) in [4.78, 5) is 23.8. The molecule has 0 fully saturated rings. The fourth-order valence-corrected chi connectivity index (χ4v) is 2.79. The van der Waals surface area contributed by atoms with Crippen LogP contribution in [-0.4, -0.2) is 25.1 Å². The Labute approximate surface area is 188 Å². The molecule has 2 N–H and O–H groups in total. The van der Waals surface area contributed by atoms with Crippen molar-refractivity contribution in [2.75, 3.05) is 12.4 Å². The van der Waals surface area contributed by atoms with Crippen LogP contribution < -0.4 is 20.2 Å². The van der Waals surface area contributed by atoms with Gasteiger partial charge < -0.3 is 14.8 Å². The number of hydrazone groups is 1. The Morgan fingerprint density at radius 1 is 1.03 bits per heavy atom. The standard InChI is InChI=1S/C23H19ClFN3O4/c1-31-21-11-16(7-10-20(21)32-14-15-5-8-18(25)9-6-15)13-26-28-23(30)22(29)27-19-4-2-3-17(24)12-19/h2-13H,14H2,1H3,(H,27,29)(H,28,30). The minimum absolute atomic E-state index is 0.238. The molecule has 3 aromatic carbocycles. The van der Waals surface area contributed by atoms with Gasteiger partial charge in [0.25, 0.3) is 0 Å². The summed E-state index contributed by atoms with van der Waals surface area (Å²) in [5, 5.41) is 6.64. The van der Waals surface area contributed by atoms with Crippen molar-refractivity contribution < 1.29 is 23.5 Å². The van der Waals surface area contributed by atoms with Crippen molar-refractivity contribution in [3.05, 3.63) is 88.7 Å². The van der Waals surface area contributed by atoms with E-state index in [-0.39, 0.29) is 12.4 Å². The van der Waals surface area contributed by atoms with Crippen molar-refractivity contribution in [3.63, 3.8) is 0 Å². The van der Waals surface area contributed by atoms with E-state index in [2.05, 4.69) is 15.8 Å². The summed E-state index contributed by atoms with van der Waals surface area (Å²) in [5.74, 6) is -1.21. The predicted molar refractivity (Wildman–Crippen MR) is 120 cm³/mol. The molecule has 0 heterocycles. The first-order valence-corrected chi connectivity index (χ1v) is 9.77. The zero-order chi connectivity index (χ0) is 22.9. The quantitative estimate of drug-likeness (QED) is 0.318. The number of halogens is 2. The minimum Gasteiger partial charge on any atom is -0.493 e. The summed E-state index contributed by atoms with van der Waals surface area (Å²) < 4.78 is 24.0. The van der Waals surface area contributed by atoms with E-state index in [9.17, 15) is 14.0 Å². The summed E-state index contributed by atoms with van der Waals surface area (Å²) in [6.45, 7) is 0.238. The maximum absolute atomic E-state index is 13.0. The Kier molecular flexibility index (Phi) is 7.77. The molecule has 0 aliphatic rings. The van der Waals surface area contributed by atoms with Gasteiger partial charge in [-0.05, 0) is 59.7 Å². The average Bonchev–Trinajstić information content (AvgIpc) is 2.79. The molecule has 164 valence electrons. The van der Waals surface area contributed by atoms with Crippen LogP contribution in [0.25, 0.3) is 0 Å². The fourth-order valence-electron chi connectivity index (χ4n) is 2.60. The highest BCUT2D eigenvalue weighted by atomic mass is 35.5. The fraction of sp³-hybridized carbons (Fsp3) is 0.0870. The number of methoxy groups -OCH3 is 1. The molecule has 0 bridgehead atoms. The molecule has 7 nitrogen and oxygen atoms in total. The van der Waals surface area contributed by atoms with Gasteiger partial charge in [-0.25, -0.2) is 9.82 Å². The predicted octanol–water partition coefficient (Wildman–Crippen LogP) is 4.16. The van der Waals surface area contributed by atoms with Gasteiger partial charge in [-0.2, -0.15) is 5.10 Å². The lowest BCUT2D eigenvalue weighted by Crippen LogP contribution is -2.32. The molecule has 32 heavy (non-hydrogen) atoms. The maximum atomic E-state index is 13.0. The third-order valence-electron chi connectivity index (χ3n) is 4.16. The number of hydrogen-bond donors (Lipinski definition) is 2. The van der Waals surface area contributed by atoms with Gasteiger partial charge in [-0.15, -0.1) is 0 Å². The van der Waals surface area contributed by atoms with E-state index in [4.69, 9.17) is 21.1 Å². The lowest BCUT2D eigenvalue weighted by Gasteiger charge is -2.11. The van der Waals surface area contributed by atoms with Crippen LogP contribution in [0.5, 0.6) is 11.5 Å². The van der Waals surface area contributed by atoms with Crippen LogP contribution in [0.15, 0.2) is 71.8 Å². The van der Waals surface area contributed by atoms with Crippen molar-refractivity contribution in [1.82, 2.24) is 5.43 Å². The van der Waals surface area contributed by atoms with Crippen LogP contribution >= 0.6 is 11.6 Å². The van der Waals surface area contributed by atoms with Crippen LogP contribution in [0.1, 0.15) is 11.1 Å². The summed E-state index contributed by atoms with van der Waals surface area (Å²) >= 11 is 5.84. The smallest absolute Gasteiger partial charge is 0.329 e. The van der Waals surface area contributed by atoms with E-state index in [1.54, 1.807) is 48.5 Å². The summed E-state index contributed by atoms with van der Waals surface area (Å²) in [6, 6.07) is 17.4. The van der Waals surface area contributed by atoms with Crippen LogP contribution in [0, 0.1) is 5.82 Å². The summed E-state index contributed by atoms with van der Waals surface area (Å²) in [5.41, 5.74) is 3.95. The van der Waals surface area contributed by atoms with Gasteiger partial charge in [0.1, 0.15) is 12.4 Å². The molecule has 0 aliphatic heterocycles. The Bertz CT molecular complexity index is 1140. The highest BCUT2D eigenvalue weighted by Crippen LogP contribution is 2.28. The largest absolute Gasteiger partial charge is 0.493 e. The maximum Gasteiger partial charge on any atom is 0.329 e. The molecule has 2 amide bonds. The number of nitrogens with one attached hydrogen (secondary N) is 2. The number of benzene rings is 3. The second-order valence-corrected chi connectivity index (χ2v) is 6.93. The normalized spacial score (nSPS) is 10.6. The van der Waals surface area contributed by atoms with Crippen LogP contribution in [0.2, 0.25) is 5.02 Å². The number of hydrogen-bond acceptors (Lipinski definition) is 5. The first-order chi connectivity index (χ1) is 15.4. The molecule has 0 saturated heterocycles. The Hall–Kier alpha value is -3.91. The minimum atomic E-state index is -0.938. The van der Waals surface area contributed by atoms with Crippen molar-refractivity contribution in [2.45, 2.75) is 6.61 Å². The van der Waals surface area contributed by atoms with Gasteiger partial charge in [0.15, 0.2) is 11.5 Å². The Morgan fingerprint density at radius 3 is 2.53 bits per heavy atom. The van der Waals surface area contributed by atoms with Gasteiger partial charge in [-0.1, -0.05) is 29.8 Å². The molecule has 0 unspecified atom stereocenters. The van der Waals surface area contributed by atoms with Crippen molar-refractivity contribution in [2.24, 2.45) is 5.10 Å². The highest BCUT2D eigenvalue weighted by Gasteiger charge is 2.13. The topological polar surface area (TPSA) is 89.0 Å². The molecule has 0 radical (unpaired) electrons. The van der Waals surface area contributed by atoms with Gasteiger partial charge >= 0.3 is 11.8 Å². The number of rotatable bonds is 7. The summed E-state index contributed by atoms with van der Waals surface area (Å²) in [7, 11) is 1.49. The van der Waals surface area contributed by atoms with E-state index >= 15 is 0 Å². The Morgan fingerprint density at radius 2 is 1.81 bits per heavy atom. The molecule has 0 aliphatic carbocycles. The first kappa shape index (κ1) is 22.8. The molecule has 3 rings (SSSR count). The zero-order valence-electron chi connectivity index (χ0n) is 17.0. The third kappa shape index (κ3) is 6.55. The number of amides is 2. The van der Waals surface area contributed by atoms with Gasteiger partial charge in [0, 0.05) is 10.7 Å². The molecule has 0 spiro atoms. The number of carbonyl (C=O) groups excluding carboxylic acids is 2. The average molecular weight is 456 g/mol. The van der Waals surface area contributed by atoms with Crippen molar-refractivity contribution >= 4 is 35.3 Å². The molecular weight excluding hydrogens is 437 g/mol. The van der Waals surface area contributed by atoms with E-state index in [1.807, 2.05) is 0 Å². The van der Waals surface area contributed by atoms with Crippen LogP contribution in [0.4, 0.5) is 10.1 Å². The van der Waals surface area contributed by atoms with Gasteiger partial charge in [-0.3, -0.25) is 9.59 Å². The van der Waals surface area contributed by atoms with E-state index in [0.717, 1.165) is 5.56 Å². The number of anilines is 1. The lowest BCUT2D eigenvalue weighted by atomic mass is 10.2. The third-order valence-corrected chi connectivity index (χ3v) is 4.40. The molecule has 0 aromatic heterocycles. The number of carbonyl (C=O) groups is 2. The SMILES string of the molecule is COc1cc(C=NNC(=O)C(=O)Nc2cccc(Cl)c2)ccc1OCc1ccc(F)cc1. The molecule has 0 saturated carbocycles. The van der Waals surface area contributed by atoms with E-state index in [1.165, 1.54) is 31.5 Å². The lowest BCUT2D eigenvalue weighted by molar-refractivity contribution is -0.136. The van der Waals surface area contributed by atoms with Crippen molar-refractivity contribution in [1.29, 1.82) is 0 Å². The van der Waals surface area contributed by atoms with Gasteiger partial charge in [0.05, 0.1) is 13.3 Å². The molecular formula is C23H19ClFN3O4. The van der Waals surface area contributed by atoms with E-state index < -0.39 is 11.8 Å². The molecule has 3 aromatic rings. The summed E-state index contributed by atoms with van der Waals surface area (Å²) in [6.07, 6.45) is 1.36. The van der Waals surface area contributed by atoms with Gasteiger partial charge in [0.2, 0.25) is 0 Å². The monoisotopic (exact) mass is 455 g/mol. The van der Waals surface area contributed by atoms with Crippen molar-refractivity contribution in [3.8, 4) is 11.5 Å². The second kappa shape index (κ2) is 10.9.